The topological polar surface area (TPSA) is 91.4 Å². The predicted molar refractivity (Wildman–Crippen MR) is 115 cm³/mol. The summed E-state index contributed by atoms with van der Waals surface area (Å²) in [6.45, 7) is 4.48. The van der Waals surface area contributed by atoms with Crippen LogP contribution in [0.1, 0.15) is 19.7 Å². The minimum Gasteiger partial charge on any atom is -0.454 e. The van der Waals surface area contributed by atoms with Crippen LogP contribution < -0.4 is 14.8 Å². The van der Waals surface area contributed by atoms with E-state index in [1.165, 1.54) is 0 Å². The number of hydrogen-bond donors (Lipinski definition) is 1. The molecule has 0 saturated carbocycles. The molecule has 5 rings (SSSR count). The first-order valence-electron chi connectivity index (χ1n) is 10.2. The van der Waals surface area contributed by atoms with E-state index in [4.69, 9.17) is 13.9 Å². The van der Waals surface area contributed by atoms with Gasteiger partial charge in [-0.25, -0.2) is 0 Å². The van der Waals surface area contributed by atoms with Crippen molar-refractivity contribution in [3.05, 3.63) is 54.4 Å². The lowest BCUT2D eigenvalue weighted by molar-refractivity contribution is -0.116. The lowest BCUT2D eigenvalue weighted by atomic mass is 10.1. The fourth-order valence-electron chi connectivity index (χ4n) is 3.67. The Morgan fingerprint density at radius 2 is 1.94 bits per heavy atom. The van der Waals surface area contributed by atoms with Crippen molar-refractivity contribution in [1.82, 2.24) is 14.8 Å². The number of carbonyl (C=O) groups is 1. The SMILES string of the molecule is CC(C)Cc1nnc(-c2cc3ccccc3n2CC(=O)Nc2ccc3c(c2)OCO3)o1. The van der Waals surface area contributed by atoms with Gasteiger partial charge in [-0.1, -0.05) is 32.0 Å². The average Bonchev–Trinajstić information content (AvgIpc) is 3.46. The van der Waals surface area contributed by atoms with E-state index in [9.17, 15) is 4.79 Å². The highest BCUT2D eigenvalue weighted by molar-refractivity contribution is 5.94. The van der Waals surface area contributed by atoms with Gasteiger partial charge in [-0.05, 0) is 30.2 Å². The third kappa shape index (κ3) is 3.84. The highest BCUT2D eigenvalue weighted by Gasteiger charge is 2.19. The molecule has 8 nitrogen and oxygen atoms in total. The summed E-state index contributed by atoms with van der Waals surface area (Å²) in [5.41, 5.74) is 2.27. The van der Waals surface area contributed by atoms with Crippen LogP contribution in [0.4, 0.5) is 5.69 Å². The number of hydrogen-bond acceptors (Lipinski definition) is 6. The molecule has 0 atom stereocenters. The molecule has 0 spiro atoms. The maximum Gasteiger partial charge on any atom is 0.264 e. The number of rotatable bonds is 6. The van der Waals surface area contributed by atoms with E-state index in [-0.39, 0.29) is 19.2 Å². The van der Waals surface area contributed by atoms with Crippen molar-refractivity contribution in [1.29, 1.82) is 0 Å². The Bertz CT molecular complexity index is 1260. The first-order valence-corrected chi connectivity index (χ1v) is 10.2. The summed E-state index contributed by atoms with van der Waals surface area (Å²) in [6.07, 6.45) is 0.706. The molecule has 2 aromatic heterocycles. The van der Waals surface area contributed by atoms with Crippen molar-refractivity contribution in [2.45, 2.75) is 26.8 Å². The van der Waals surface area contributed by atoms with E-state index in [2.05, 4.69) is 29.4 Å². The second-order valence-corrected chi connectivity index (χ2v) is 7.89. The molecule has 2 aromatic carbocycles. The predicted octanol–water partition coefficient (Wildman–Crippen LogP) is 4.26. The zero-order chi connectivity index (χ0) is 21.4. The molecular weight excluding hydrogens is 396 g/mol. The molecule has 158 valence electrons. The molecule has 8 heteroatoms. The minimum absolute atomic E-state index is 0.0964. The van der Waals surface area contributed by atoms with Crippen LogP contribution >= 0.6 is 0 Å². The van der Waals surface area contributed by atoms with Gasteiger partial charge in [0.2, 0.25) is 18.6 Å². The molecular formula is C23H22N4O4. The zero-order valence-corrected chi connectivity index (χ0v) is 17.3. The first-order chi connectivity index (χ1) is 15.1. The van der Waals surface area contributed by atoms with Crippen molar-refractivity contribution in [3.63, 3.8) is 0 Å². The Kier molecular flexibility index (Phi) is 4.82. The number of benzene rings is 2. The van der Waals surface area contributed by atoms with Gasteiger partial charge in [-0.15, -0.1) is 10.2 Å². The molecule has 3 heterocycles. The van der Waals surface area contributed by atoms with Crippen molar-refractivity contribution < 1.29 is 18.7 Å². The second kappa shape index (κ2) is 7.79. The fourth-order valence-corrected chi connectivity index (χ4v) is 3.67. The standard InChI is InChI=1S/C23H22N4O4/c1-14(2)9-22-25-26-23(31-22)18-10-15-5-3-4-6-17(15)27(18)12-21(28)24-16-7-8-19-20(11-16)30-13-29-19/h3-8,10-11,14H,9,12-13H2,1-2H3,(H,24,28). The van der Waals surface area contributed by atoms with Crippen LogP contribution in [0.3, 0.4) is 0 Å². The molecule has 1 aliphatic rings. The Balaban J connectivity index is 1.44. The van der Waals surface area contributed by atoms with Gasteiger partial charge in [0, 0.05) is 29.1 Å². The Labute approximate surface area is 178 Å². The first kappa shape index (κ1) is 19.2. The fraction of sp³-hybridized carbons (Fsp3) is 0.261. The summed E-state index contributed by atoms with van der Waals surface area (Å²) in [7, 11) is 0. The maximum absolute atomic E-state index is 12.9. The lowest BCUT2D eigenvalue weighted by Gasteiger charge is -2.10. The molecule has 0 radical (unpaired) electrons. The summed E-state index contributed by atoms with van der Waals surface area (Å²) in [4.78, 5) is 12.9. The maximum atomic E-state index is 12.9. The minimum atomic E-state index is -0.177. The summed E-state index contributed by atoms with van der Waals surface area (Å²) in [6, 6.07) is 15.2. The molecule has 0 saturated heterocycles. The van der Waals surface area contributed by atoms with Crippen LogP contribution in [0.25, 0.3) is 22.5 Å². The number of aromatic nitrogens is 3. The number of nitrogens with one attached hydrogen (secondary N) is 1. The van der Waals surface area contributed by atoms with E-state index in [0.717, 1.165) is 10.9 Å². The van der Waals surface area contributed by atoms with Crippen molar-refractivity contribution in [2.24, 2.45) is 5.92 Å². The number of nitrogens with zero attached hydrogens (tertiary/aromatic N) is 3. The second-order valence-electron chi connectivity index (χ2n) is 7.89. The van der Waals surface area contributed by atoms with E-state index >= 15 is 0 Å². The third-order valence-electron chi connectivity index (χ3n) is 5.04. The van der Waals surface area contributed by atoms with Gasteiger partial charge in [-0.3, -0.25) is 4.79 Å². The van der Waals surface area contributed by atoms with E-state index in [0.29, 0.717) is 47.0 Å². The monoisotopic (exact) mass is 418 g/mol. The summed E-state index contributed by atoms with van der Waals surface area (Å²) < 4.78 is 18.5. The Hall–Kier alpha value is -3.81. The van der Waals surface area contributed by atoms with Gasteiger partial charge >= 0.3 is 0 Å². The quantitative estimate of drug-likeness (QED) is 0.503. The lowest BCUT2D eigenvalue weighted by Crippen LogP contribution is -2.19. The smallest absolute Gasteiger partial charge is 0.264 e. The molecule has 1 N–H and O–H groups in total. The summed E-state index contributed by atoms with van der Waals surface area (Å²) >= 11 is 0. The molecule has 0 aliphatic carbocycles. The molecule has 0 fully saturated rings. The number of para-hydroxylation sites is 1. The van der Waals surface area contributed by atoms with Gasteiger partial charge < -0.3 is 23.8 Å². The van der Waals surface area contributed by atoms with Crippen molar-refractivity contribution in [3.8, 4) is 23.1 Å². The average molecular weight is 418 g/mol. The van der Waals surface area contributed by atoms with Gasteiger partial charge in [0.15, 0.2) is 11.5 Å². The van der Waals surface area contributed by atoms with Gasteiger partial charge in [0.05, 0.1) is 0 Å². The third-order valence-corrected chi connectivity index (χ3v) is 5.04. The van der Waals surface area contributed by atoms with Gasteiger partial charge in [0.25, 0.3) is 5.89 Å². The molecule has 4 aromatic rings. The van der Waals surface area contributed by atoms with Gasteiger partial charge in [0.1, 0.15) is 12.2 Å². The number of carbonyl (C=O) groups excluding carboxylic acids is 1. The van der Waals surface area contributed by atoms with Crippen LogP contribution in [0.15, 0.2) is 52.9 Å². The van der Waals surface area contributed by atoms with Crippen LogP contribution in [-0.2, 0) is 17.8 Å². The Morgan fingerprint density at radius 1 is 1.10 bits per heavy atom. The number of fused-ring (bicyclic) bond motifs is 2. The highest BCUT2D eigenvalue weighted by Crippen LogP contribution is 2.34. The van der Waals surface area contributed by atoms with Crippen molar-refractivity contribution in [2.75, 3.05) is 12.1 Å². The molecule has 0 unspecified atom stereocenters. The van der Waals surface area contributed by atoms with E-state index in [1.54, 1.807) is 18.2 Å². The summed E-state index contributed by atoms with van der Waals surface area (Å²) in [5, 5.41) is 12.3. The largest absolute Gasteiger partial charge is 0.454 e. The zero-order valence-electron chi connectivity index (χ0n) is 17.3. The normalized spacial score (nSPS) is 12.6. The number of anilines is 1. The molecule has 31 heavy (non-hydrogen) atoms. The van der Waals surface area contributed by atoms with Crippen LogP contribution in [0.5, 0.6) is 11.5 Å². The van der Waals surface area contributed by atoms with E-state index in [1.807, 2.05) is 34.9 Å². The highest BCUT2D eigenvalue weighted by atomic mass is 16.7. The molecule has 1 amide bonds. The van der Waals surface area contributed by atoms with Crippen LogP contribution in [0, 0.1) is 5.92 Å². The molecule has 0 bridgehead atoms. The van der Waals surface area contributed by atoms with Crippen LogP contribution in [0.2, 0.25) is 0 Å². The Morgan fingerprint density at radius 3 is 2.81 bits per heavy atom. The van der Waals surface area contributed by atoms with E-state index < -0.39 is 0 Å². The molecule has 1 aliphatic heterocycles. The van der Waals surface area contributed by atoms with Crippen LogP contribution in [-0.4, -0.2) is 27.5 Å². The number of amides is 1. The number of ether oxygens (including phenoxy) is 2. The summed E-state index contributed by atoms with van der Waals surface area (Å²) in [5.74, 6) is 2.52. The van der Waals surface area contributed by atoms with Crippen molar-refractivity contribution >= 4 is 22.5 Å². The van der Waals surface area contributed by atoms with Gasteiger partial charge in [-0.2, -0.15) is 0 Å².